The average molecular weight is 448 g/mol. The molecule has 2 aliphatic heterocycles. The van der Waals surface area contributed by atoms with Crippen LogP contribution < -0.4 is 10.2 Å². The highest BCUT2D eigenvalue weighted by Gasteiger charge is 2.40. The second kappa shape index (κ2) is 8.71. The quantitative estimate of drug-likeness (QED) is 0.606. The van der Waals surface area contributed by atoms with Crippen LogP contribution >= 0.6 is 0 Å². The molecular formula is C25H25FN4O3. The Labute approximate surface area is 191 Å². The summed E-state index contributed by atoms with van der Waals surface area (Å²) < 4.78 is 24.6. The van der Waals surface area contributed by atoms with E-state index in [0.29, 0.717) is 36.9 Å². The van der Waals surface area contributed by atoms with Crippen molar-refractivity contribution < 1.29 is 18.3 Å². The number of fused-ring (bicyclic) bond motifs is 1. The number of hydrogen-bond acceptors (Lipinski definition) is 6. The van der Waals surface area contributed by atoms with E-state index in [1.165, 1.54) is 12.1 Å². The third-order valence-corrected chi connectivity index (χ3v) is 5.97. The number of carbonyl (C=O) groups is 1. The predicted octanol–water partition coefficient (Wildman–Crippen LogP) is 4.32. The number of carbonyl (C=O) groups excluding carboxylic acids is 1. The van der Waals surface area contributed by atoms with Crippen molar-refractivity contribution >= 4 is 5.91 Å². The first-order valence-electron chi connectivity index (χ1n) is 11.0. The zero-order valence-corrected chi connectivity index (χ0v) is 18.5. The third kappa shape index (κ3) is 4.21. The molecule has 3 aromatic rings. The Morgan fingerprint density at radius 3 is 2.64 bits per heavy atom. The third-order valence-electron chi connectivity index (χ3n) is 5.97. The summed E-state index contributed by atoms with van der Waals surface area (Å²) in [5.74, 6) is 1.70. The van der Waals surface area contributed by atoms with Gasteiger partial charge in [-0.05, 0) is 62.2 Å². The van der Waals surface area contributed by atoms with Crippen molar-refractivity contribution in [3.05, 3.63) is 83.8 Å². The van der Waals surface area contributed by atoms with Crippen LogP contribution in [0.3, 0.4) is 0 Å². The van der Waals surface area contributed by atoms with E-state index in [2.05, 4.69) is 10.4 Å². The van der Waals surface area contributed by atoms with Crippen molar-refractivity contribution in [3.8, 4) is 17.2 Å². The number of nitrogens with zero attached hydrogens (tertiary/aromatic N) is 3. The van der Waals surface area contributed by atoms with Crippen molar-refractivity contribution in [1.29, 1.82) is 0 Å². The second-order valence-corrected chi connectivity index (χ2v) is 8.14. The molecule has 8 heteroatoms. The van der Waals surface area contributed by atoms with Crippen LogP contribution in [0, 0.1) is 12.7 Å². The summed E-state index contributed by atoms with van der Waals surface area (Å²) in [4.78, 5) is 19.5. The lowest BCUT2D eigenvalue weighted by Crippen LogP contribution is -2.47. The lowest BCUT2D eigenvalue weighted by Gasteiger charge is -2.31. The number of hydrogen-bond donors (Lipinski definition) is 1. The summed E-state index contributed by atoms with van der Waals surface area (Å²) in [6.07, 6.45) is 4.21. The maximum atomic E-state index is 13.3. The molecule has 2 aromatic carbocycles. The molecule has 0 bridgehead atoms. The Hall–Kier alpha value is -3.65. The maximum Gasteiger partial charge on any atom is 0.251 e. The minimum atomic E-state index is -0.331. The van der Waals surface area contributed by atoms with E-state index in [9.17, 15) is 9.18 Å². The summed E-state index contributed by atoms with van der Waals surface area (Å²) in [6.45, 7) is 4.73. The Morgan fingerprint density at radius 2 is 1.91 bits per heavy atom. The van der Waals surface area contributed by atoms with E-state index in [4.69, 9.17) is 9.15 Å². The zero-order chi connectivity index (χ0) is 22.9. The highest BCUT2D eigenvalue weighted by molar-refractivity contribution is 5.84. The molecule has 170 valence electrons. The van der Waals surface area contributed by atoms with Crippen molar-refractivity contribution in [2.45, 2.75) is 38.9 Å². The van der Waals surface area contributed by atoms with Crippen molar-refractivity contribution in [1.82, 2.24) is 20.3 Å². The number of rotatable bonds is 6. The molecule has 2 aliphatic rings. The van der Waals surface area contributed by atoms with Gasteiger partial charge >= 0.3 is 0 Å². The van der Waals surface area contributed by atoms with Crippen LogP contribution in [0.25, 0.3) is 11.5 Å². The van der Waals surface area contributed by atoms with Gasteiger partial charge in [-0.2, -0.15) is 0 Å². The fourth-order valence-corrected chi connectivity index (χ4v) is 4.20. The van der Waals surface area contributed by atoms with E-state index >= 15 is 0 Å². The Balaban J connectivity index is 1.28. The van der Waals surface area contributed by atoms with Gasteiger partial charge in [0, 0.05) is 18.0 Å². The van der Waals surface area contributed by atoms with E-state index in [1.807, 2.05) is 49.3 Å². The maximum absolute atomic E-state index is 13.3. The topological polar surface area (TPSA) is 70.8 Å². The first kappa shape index (κ1) is 21.2. The summed E-state index contributed by atoms with van der Waals surface area (Å²) in [7, 11) is 0. The number of amides is 1. The van der Waals surface area contributed by atoms with Gasteiger partial charge in [0.1, 0.15) is 29.1 Å². The Bertz CT molecular complexity index is 1170. The molecule has 0 aliphatic carbocycles. The SMILES string of the molecule is CCOc1ccc(-c2nc(CN3C=CN4NC(c5ccc(F)cc5)CC4C3=O)c(C)o2)cc1. The summed E-state index contributed by atoms with van der Waals surface area (Å²) in [5.41, 5.74) is 5.84. The molecule has 33 heavy (non-hydrogen) atoms. The van der Waals surface area contributed by atoms with Gasteiger partial charge in [-0.1, -0.05) is 12.1 Å². The minimum Gasteiger partial charge on any atom is -0.494 e. The molecule has 2 atom stereocenters. The molecule has 3 heterocycles. The highest BCUT2D eigenvalue weighted by atomic mass is 19.1. The van der Waals surface area contributed by atoms with E-state index < -0.39 is 0 Å². The summed E-state index contributed by atoms with van der Waals surface area (Å²) >= 11 is 0. The lowest BCUT2D eigenvalue weighted by atomic mass is 10.0. The average Bonchev–Trinajstić information content (AvgIpc) is 3.41. The van der Waals surface area contributed by atoms with Crippen molar-refractivity contribution in [2.75, 3.05) is 6.61 Å². The minimum absolute atomic E-state index is 0.0142. The van der Waals surface area contributed by atoms with Gasteiger partial charge in [0.2, 0.25) is 5.89 Å². The second-order valence-electron chi connectivity index (χ2n) is 8.14. The van der Waals surface area contributed by atoms with Crippen LogP contribution in [-0.2, 0) is 11.3 Å². The van der Waals surface area contributed by atoms with Crippen LogP contribution in [0.15, 0.2) is 65.3 Å². The fraction of sp³-hybridized carbons (Fsp3) is 0.280. The molecule has 1 fully saturated rings. The van der Waals surface area contributed by atoms with Crippen LogP contribution in [0.4, 0.5) is 4.39 Å². The van der Waals surface area contributed by atoms with Gasteiger partial charge in [0.15, 0.2) is 0 Å². The van der Waals surface area contributed by atoms with Gasteiger partial charge in [-0.15, -0.1) is 0 Å². The first-order valence-corrected chi connectivity index (χ1v) is 11.0. The smallest absolute Gasteiger partial charge is 0.251 e. The molecule has 1 N–H and O–H groups in total. The van der Waals surface area contributed by atoms with E-state index in [0.717, 1.165) is 16.9 Å². The molecule has 5 rings (SSSR count). The van der Waals surface area contributed by atoms with Gasteiger partial charge in [-0.3, -0.25) is 4.79 Å². The number of oxazole rings is 1. The van der Waals surface area contributed by atoms with Crippen molar-refractivity contribution in [3.63, 3.8) is 0 Å². The summed E-state index contributed by atoms with van der Waals surface area (Å²) in [5, 5.41) is 1.83. The van der Waals surface area contributed by atoms with Gasteiger partial charge in [0.25, 0.3) is 5.91 Å². The lowest BCUT2D eigenvalue weighted by molar-refractivity contribution is -0.135. The molecular weight excluding hydrogens is 423 g/mol. The molecule has 1 saturated heterocycles. The number of halogens is 1. The number of ether oxygens (including phenoxy) is 1. The first-order chi connectivity index (χ1) is 16.0. The van der Waals surface area contributed by atoms with Crippen LogP contribution in [0.5, 0.6) is 5.75 Å². The highest BCUT2D eigenvalue weighted by Crippen LogP contribution is 2.32. The molecule has 7 nitrogen and oxygen atoms in total. The number of nitrogens with one attached hydrogen (secondary N) is 1. The van der Waals surface area contributed by atoms with E-state index in [-0.39, 0.29) is 23.8 Å². The number of benzene rings is 2. The number of aryl methyl sites for hydroxylation is 1. The van der Waals surface area contributed by atoms with Gasteiger partial charge in [-0.25, -0.2) is 14.8 Å². The zero-order valence-electron chi connectivity index (χ0n) is 18.5. The van der Waals surface area contributed by atoms with Crippen LogP contribution in [0.1, 0.15) is 36.4 Å². The molecule has 0 saturated carbocycles. The largest absolute Gasteiger partial charge is 0.494 e. The fourth-order valence-electron chi connectivity index (χ4n) is 4.20. The van der Waals surface area contributed by atoms with Gasteiger partial charge < -0.3 is 19.1 Å². The standard InChI is InChI=1S/C25H25FN4O3/c1-3-32-20-10-6-18(7-11-20)24-27-22(16(2)33-24)15-29-12-13-30-23(25(29)31)14-21(28-30)17-4-8-19(26)9-5-17/h4-13,21,23,28H,3,14-15H2,1-2H3. The number of aromatic nitrogens is 1. The Kier molecular flexibility index (Phi) is 5.60. The predicted molar refractivity (Wildman–Crippen MR) is 120 cm³/mol. The van der Waals surface area contributed by atoms with Crippen LogP contribution in [0.2, 0.25) is 0 Å². The molecule has 0 radical (unpaired) electrons. The molecule has 0 spiro atoms. The summed E-state index contributed by atoms with van der Waals surface area (Å²) in [6, 6.07) is 13.6. The molecule has 1 aromatic heterocycles. The molecule has 1 amide bonds. The normalized spacial score (nSPS) is 19.8. The van der Waals surface area contributed by atoms with Gasteiger partial charge in [0.05, 0.1) is 19.2 Å². The number of hydrazine groups is 1. The van der Waals surface area contributed by atoms with E-state index in [1.54, 1.807) is 23.2 Å². The monoisotopic (exact) mass is 448 g/mol. The van der Waals surface area contributed by atoms with Crippen molar-refractivity contribution in [2.24, 2.45) is 0 Å². The van der Waals surface area contributed by atoms with Crippen LogP contribution in [-0.4, -0.2) is 33.4 Å². The molecule has 2 unspecified atom stereocenters. The Morgan fingerprint density at radius 1 is 1.15 bits per heavy atom.